The summed E-state index contributed by atoms with van der Waals surface area (Å²) in [4.78, 5) is 2.55. The fraction of sp³-hybridized carbons (Fsp3) is 1.00. The molecule has 0 aromatic rings. The van der Waals surface area contributed by atoms with Crippen LogP contribution in [0, 0.1) is 11.8 Å². The highest BCUT2D eigenvalue weighted by Gasteiger charge is 2.29. The summed E-state index contributed by atoms with van der Waals surface area (Å²) in [7, 11) is 2.28. The third-order valence-electron chi connectivity index (χ3n) is 3.59. The van der Waals surface area contributed by atoms with Crippen molar-refractivity contribution in [3.8, 4) is 0 Å². The van der Waals surface area contributed by atoms with Crippen LogP contribution in [0.15, 0.2) is 0 Å². The lowest BCUT2D eigenvalue weighted by Crippen LogP contribution is -2.45. The van der Waals surface area contributed by atoms with E-state index in [4.69, 9.17) is 0 Å². The third-order valence-corrected chi connectivity index (χ3v) is 3.59. The number of piperidine rings is 1. The van der Waals surface area contributed by atoms with Gasteiger partial charge in [-0.05, 0) is 38.3 Å². The van der Waals surface area contributed by atoms with E-state index in [1.54, 1.807) is 0 Å². The van der Waals surface area contributed by atoms with Crippen molar-refractivity contribution in [2.45, 2.75) is 46.1 Å². The molecule has 12 heavy (non-hydrogen) atoms. The topological polar surface area (TPSA) is 3.24 Å². The largest absolute Gasteiger partial charge is 0.303 e. The van der Waals surface area contributed by atoms with E-state index in [2.05, 4.69) is 32.7 Å². The lowest BCUT2D eigenvalue weighted by molar-refractivity contribution is 0.0808. The van der Waals surface area contributed by atoms with Gasteiger partial charge >= 0.3 is 0 Å². The normalized spacial score (nSPS) is 38.5. The molecular formula is C11H23N. The minimum Gasteiger partial charge on any atom is -0.303 e. The third kappa shape index (κ3) is 2.01. The van der Waals surface area contributed by atoms with Crippen LogP contribution in [0.3, 0.4) is 0 Å². The second kappa shape index (κ2) is 4.27. The van der Waals surface area contributed by atoms with Crippen molar-refractivity contribution in [1.29, 1.82) is 0 Å². The fourth-order valence-corrected chi connectivity index (χ4v) is 2.40. The molecule has 0 aromatic carbocycles. The lowest BCUT2D eigenvalue weighted by atomic mass is 9.80. The van der Waals surface area contributed by atoms with Crippen LogP contribution in [-0.2, 0) is 0 Å². The van der Waals surface area contributed by atoms with E-state index in [9.17, 15) is 0 Å². The Morgan fingerprint density at radius 3 is 2.58 bits per heavy atom. The Bertz CT molecular complexity index is 133. The molecule has 1 fully saturated rings. The van der Waals surface area contributed by atoms with Crippen molar-refractivity contribution >= 4 is 0 Å². The first-order valence-electron chi connectivity index (χ1n) is 5.37. The molecule has 3 unspecified atom stereocenters. The van der Waals surface area contributed by atoms with Crippen molar-refractivity contribution in [3.05, 3.63) is 0 Å². The quantitative estimate of drug-likeness (QED) is 0.614. The molecule has 0 bridgehead atoms. The molecule has 0 saturated carbocycles. The molecule has 1 rings (SSSR count). The van der Waals surface area contributed by atoms with E-state index in [-0.39, 0.29) is 0 Å². The van der Waals surface area contributed by atoms with Crippen LogP contribution in [0.2, 0.25) is 0 Å². The summed E-state index contributed by atoms with van der Waals surface area (Å²) in [5, 5.41) is 0. The summed E-state index contributed by atoms with van der Waals surface area (Å²) < 4.78 is 0. The summed E-state index contributed by atoms with van der Waals surface area (Å²) in [5.41, 5.74) is 0. The average molecular weight is 169 g/mol. The van der Waals surface area contributed by atoms with Gasteiger partial charge in [0.2, 0.25) is 0 Å². The average Bonchev–Trinajstić information content (AvgIpc) is 2.06. The molecular weight excluding hydrogens is 146 g/mol. The number of rotatable bonds is 2. The van der Waals surface area contributed by atoms with Gasteiger partial charge < -0.3 is 4.90 Å². The molecule has 1 heterocycles. The monoisotopic (exact) mass is 169 g/mol. The first-order valence-corrected chi connectivity index (χ1v) is 5.37. The van der Waals surface area contributed by atoms with E-state index < -0.39 is 0 Å². The number of hydrogen-bond acceptors (Lipinski definition) is 1. The van der Waals surface area contributed by atoms with Gasteiger partial charge in [-0.15, -0.1) is 0 Å². The molecule has 1 aliphatic rings. The molecule has 1 nitrogen and oxygen atoms in total. The number of nitrogens with zero attached hydrogens (tertiary/aromatic N) is 1. The first-order chi connectivity index (χ1) is 5.66. The summed E-state index contributed by atoms with van der Waals surface area (Å²) in [6, 6.07) is 0.846. The SMILES string of the molecule is CCCC1C(C)C(C)CCN1C. The first kappa shape index (κ1) is 10.0. The lowest BCUT2D eigenvalue weighted by Gasteiger charge is -2.41. The van der Waals surface area contributed by atoms with Crippen molar-refractivity contribution in [2.75, 3.05) is 13.6 Å². The zero-order chi connectivity index (χ0) is 9.14. The molecule has 1 saturated heterocycles. The van der Waals surface area contributed by atoms with Gasteiger partial charge in [-0.25, -0.2) is 0 Å². The Labute approximate surface area is 77.1 Å². The molecule has 0 spiro atoms. The zero-order valence-corrected chi connectivity index (χ0v) is 9.01. The van der Waals surface area contributed by atoms with Gasteiger partial charge in [-0.2, -0.15) is 0 Å². The van der Waals surface area contributed by atoms with Crippen LogP contribution in [0.1, 0.15) is 40.0 Å². The smallest absolute Gasteiger partial charge is 0.0120 e. The maximum absolute atomic E-state index is 2.55. The van der Waals surface area contributed by atoms with Crippen LogP contribution in [0.4, 0.5) is 0 Å². The molecule has 1 heteroatoms. The van der Waals surface area contributed by atoms with Gasteiger partial charge in [0.05, 0.1) is 0 Å². The van der Waals surface area contributed by atoms with Crippen LogP contribution in [-0.4, -0.2) is 24.5 Å². The molecule has 0 radical (unpaired) electrons. The standard InChI is InChI=1S/C11H23N/c1-5-6-11-10(3)9(2)7-8-12(11)4/h9-11H,5-8H2,1-4H3. The van der Waals surface area contributed by atoms with Gasteiger partial charge in [0.15, 0.2) is 0 Å². The van der Waals surface area contributed by atoms with Gasteiger partial charge in [-0.3, -0.25) is 0 Å². The van der Waals surface area contributed by atoms with E-state index in [0.717, 1.165) is 17.9 Å². The minimum absolute atomic E-state index is 0.846. The predicted molar refractivity (Wildman–Crippen MR) is 54.3 cm³/mol. The van der Waals surface area contributed by atoms with E-state index >= 15 is 0 Å². The molecule has 0 aliphatic carbocycles. The fourth-order valence-electron chi connectivity index (χ4n) is 2.40. The zero-order valence-electron chi connectivity index (χ0n) is 9.01. The maximum atomic E-state index is 2.55. The molecule has 0 aromatic heterocycles. The van der Waals surface area contributed by atoms with Crippen molar-refractivity contribution < 1.29 is 0 Å². The molecule has 3 atom stereocenters. The van der Waals surface area contributed by atoms with Crippen LogP contribution in [0.5, 0.6) is 0 Å². The molecule has 0 N–H and O–H groups in total. The van der Waals surface area contributed by atoms with Gasteiger partial charge in [0.25, 0.3) is 0 Å². The Hall–Kier alpha value is -0.0400. The molecule has 1 aliphatic heterocycles. The second-order valence-electron chi connectivity index (χ2n) is 4.46. The van der Waals surface area contributed by atoms with E-state index in [1.165, 1.54) is 25.8 Å². The highest BCUT2D eigenvalue weighted by molar-refractivity contribution is 4.83. The van der Waals surface area contributed by atoms with Crippen molar-refractivity contribution in [3.63, 3.8) is 0 Å². The Morgan fingerprint density at radius 2 is 2.00 bits per heavy atom. The molecule has 0 amide bonds. The van der Waals surface area contributed by atoms with E-state index in [0.29, 0.717) is 0 Å². The highest BCUT2D eigenvalue weighted by atomic mass is 15.1. The second-order valence-corrected chi connectivity index (χ2v) is 4.46. The minimum atomic E-state index is 0.846. The highest BCUT2D eigenvalue weighted by Crippen LogP contribution is 2.29. The van der Waals surface area contributed by atoms with E-state index in [1.807, 2.05) is 0 Å². The van der Waals surface area contributed by atoms with Gasteiger partial charge in [0.1, 0.15) is 0 Å². The summed E-state index contributed by atoms with van der Waals surface area (Å²) in [6.45, 7) is 8.41. The predicted octanol–water partition coefficient (Wildman–Crippen LogP) is 2.76. The Kier molecular flexibility index (Phi) is 3.57. The number of likely N-dealkylation sites (tertiary alicyclic amines) is 1. The van der Waals surface area contributed by atoms with Gasteiger partial charge in [0, 0.05) is 6.04 Å². The van der Waals surface area contributed by atoms with Crippen LogP contribution < -0.4 is 0 Å². The summed E-state index contributed by atoms with van der Waals surface area (Å²) in [5.74, 6) is 1.82. The van der Waals surface area contributed by atoms with Crippen molar-refractivity contribution in [2.24, 2.45) is 11.8 Å². The Morgan fingerprint density at radius 1 is 1.33 bits per heavy atom. The van der Waals surface area contributed by atoms with Crippen LogP contribution >= 0.6 is 0 Å². The summed E-state index contributed by atoms with van der Waals surface area (Å²) >= 11 is 0. The summed E-state index contributed by atoms with van der Waals surface area (Å²) in [6.07, 6.45) is 4.09. The maximum Gasteiger partial charge on any atom is 0.0120 e. The number of hydrogen-bond donors (Lipinski definition) is 0. The van der Waals surface area contributed by atoms with Crippen LogP contribution in [0.25, 0.3) is 0 Å². The molecule has 72 valence electrons. The van der Waals surface area contributed by atoms with Gasteiger partial charge in [-0.1, -0.05) is 27.2 Å². The Balaban J connectivity index is 2.52. The van der Waals surface area contributed by atoms with Crippen molar-refractivity contribution in [1.82, 2.24) is 4.90 Å².